The molecule has 0 amide bonds. The molecule has 0 saturated heterocycles. The first-order valence-corrected chi connectivity index (χ1v) is 6.51. The van der Waals surface area contributed by atoms with Crippen LogP contribution in [0.25, 0.3) is 0 Å². The van der Waals surface area contributed by atoms with Crippen molar-refractivity contribution in [3.63, 3.8) is 0 Å². The van der Waals surface area contributed by atoms with Crippen molar-refractivity contribution in [2.75, 3.05) is 0 Å². The molecule has 0 fully saturated rings. The Labute approximate surface area is 115 Å². The van der Waals surface area contributed by atoms with Crippen LogP contribution in [0.1, 0.15) is 23.0 Å². The van der Waals surface area contributed by atoms with E-state index in [1.807, 2.05) is 6.92 Å². The molecule has 1 unspecified atom stereocenters. The van der Waals surface area contributed by atoms with Crippen LogP contribution in [-0.4, -0.2) is 9.97 Å². The van der Waals surface area contributed by atoms with Crippen LogP contribution in [0.2, 0.25) is 0 Å². The maximum absolute atomic E-state index is 6.09. The van der Waals surface area contributed by atoms with E-state index in [1.54, 1.807) is 12.4 Å². The summed E-state index contributed by atoms with van der Waals surface area (Å²) in [5.74, 6) is 0.703. The van der Waals surface area contributed by atoms with E-state index in [4.69, 9.17) is 5.73 Å². The lowest BCUT2D eigenvalue weighted by molar-refractivity contribution is 0.665. The van der Waals surface area contributed by atoms with Gasteiger partial charge in [-0.3, -0.25) is 0 Å². The van der Waals surface area contributed by atoms with Crippen molar-refractivity contribution in [2.45, 2.75) is 19.4 Å². The third kappa shape index (κ3) is 3.47. The Balaban J connectivity index is 2.08. The summed E-state index contributed by atoms with van der Waals surface area (Å²) in [6.45, 7) is 1.97. The molecule has 0 aliphatic carbocycles. The highest BCUT2D eigenvalue weighted by atomic mass is 127. The van der Waals surface area contributed by atoms with E-state index >= 15 is 0 Å². The van der Waals surface area contributed by atoms with E-state index in [0.29, 0.717) is 5.82 Å². The average Bonchev–Trinajstić information content (AvgIpc) is 2.33. The van der Waals surface area contributed by atoms with Gasteiger partial charge in [0, 0.05) is 16.0 Å². The van der Waals surface area contributed by atoms with Crippen molar-refractivity contribution in [2.24, 2.45) is 5.73 Å². The third-order valence-electron chi connectivity index (χ3n) is 2.50. The second-order valence-corrected chi connectivity index (χ2v) is 5.30. The van der Waals surface area contributed by atoms with Crippen LogP contribution in [0.3, 0.4) is 0 Å². The van der Waals surface area contributed by atoms with Gasteiger partial charge in [-0.15, -0.1) is 0 Å². The third-order valence-corrected chi connectivity index (χ3v) is 3.22. The summed E-state index contributed by atoms with van der Waals surface area (Å²) in [7, 11) is 0. The summed E-state index contributed by atoms with van der Waals surface area (Å²) in [6.07, 6.45) is 4.37. The zero-order chi connectivity index (χ0) is 12.3. The molecule has 3 nitrogen and oxygen atoms in total. The molecular formula is C13H14IN3. The number of rotatable bonds is 3. The van der Waals surface area contributed by atoms with Crippen LogP contribution in [0.4, 0.5) is 0 Å². The van der Waals surface area contributed by atoms with Crippen molar-refractivity contribution >= 4 is 22.6 Å². The first-order chi connectivity index (χ1) is 8.15. The van der Waals surface area contributed by atoms with E-state index in [-0.39, 0.29) is 6.04 Å². The molecule has 1 aromatic heterocycles. The van der Waals surface area contributed by atoms with Crippen LogP contribution in [0.5, 0.6) is 0 Å². The van der Waals surface area contributed by atoms with Gasteiger partial charge in [-0.05, 0) is 59.2 Å². The van der Waals surface area contributed by atoms with E-state index in [2.05, 4.69) is 56.8 Å². The molecule has 88 valence electrons. The van der Waals surface area contributed by atoms with Crippen molar-refractivity contribution in [1.29, 1.82) is 0 Å². The van der Waals surface area contributed by atoms with Gasteiger partial charge in [0.15, 0.2) is 0 Å². The number of hydrogen-bond acceptors (Lipinski definition) is 3. The van der Waals surface area contributed by atoms with Gasteiger partial charge in [-0.2, -0.15) is 0 Å². The predicted molar refractivity (Wildman–Crippen MR) is 76.6 cm³/mol. The van der Waals surface area contributed by atoms with Crippen molar-refractivity contribution in [1.82, 2.24) is 9.97 Å². The number of nitrogens with zero attached hydrogens (tertiary/aromatic N) is 2. The number of benzene rings is 1. The molecule has 0 aliphatic heterocycles. The molecule has 1 atom stereocenters. The van der Waals surface area contributed by atoms with Crippen LogP contribution >= 0.6 is 22.6 Å². The van der Waals surface area contributed by atoms with Gasteiger partial charge >= 0.3 is 0 Å². The summed E-state index contributed by atoms with van der Waals surface area (Å²) in [4.78, 5) is 8.51. The minimum atomic E-state index is -0.143. The number of nitrogens with two attached hydrogens (primary N) is 1. The molecule has 2 aromatic rings. The average molecular weight is 339 g/mol. The Morgan fingerprint density at radius 3 is 2.35 bits per heavy atom. The fourth-order valence-electron chi connectivity index (χ4n) is 1.56. The van der Waals surface area contributed by atoms with Crippen molar-refractivity contribution in [3.8, 4) is 0 Å². The second-order valence-electron chi connectivity index (χ2n) is 4.06. The van der Waals surface area contributed by atoms with Crippen molar-refractivity contribution < 1.29 is 0 Å². The fraction of sp³-hybridized carbons (Fsp3) is 0.231. The lowest BCUT2D eigenvalue weighted by atomic mass is 10.1. The van der Waals surface area contributed by atoms with Gasteiger partial charge in [0.25, 0.3) is 0 Å². The highest BCUT2D eigenvalue weighted by Gasteiger charge is 2.09. The van der Waals surface area contributed by atoms with Crippen LogP contribution in [-0.2, 0) is 6.42 Å². The van der Waals surface area contributed by atoms with Crippen LogP contribution in [0, 0.1) is 10.5 Å². The van der Waals surface area contributed by atoms with Crippen LogP contribution < -0.4 is 5.73 Å². The molecule has 17 heavy (non-hydrogen) atoms. The molecule has 1 heterocycles. The van der Waals surface area contributed by atoms with Gasteiger partial charge < -0.3 is 5.73 Å². The molecule has 2 N–H and O–H groups in total. The maximum Gasteiger partial charge on any atom is 0.145 e. The molecule has 0 saturated carbocycles. The number of halogens is 1. The van der Waals surface area contributed by atoms with E-state index in [9.17, 15) is 0 Å². The molecule has 0 radical (unpaired) electrons. The molecule has 0 spiro atoms. The molecule has 2 rings (SSSR count). The largest absolute Gasteiger partial charge is 0.321 e. The summed E-state index contributed by atoms with van der Waals surface area (Å²) >= 11 is 2.29. The van der Waals surface area contributed by atoms with E-state index in [1.165, 1.54) is 9.13 Å². The quantitative estimate of drug-likeness (QED) is 0.875. The van der Waals surface area contributed by atoms with Gasteiger partial charge in [-0.25, -0.2) is 9.97 Å². The minimum Gasteiger partial charge on any atom is -0.321 e. The standard InChI is InChI=1S/C13H14IN3/c1-9-7-16-13(17-8-9)12(15)6-10-2-4-11(14)5-3-10/h2-5,7-8,12H,6,15H2,1H3. The van der Waals surface area contributed by atoms with E-state index < -0.39 is 0 Å². The fourth-order valence-corrected chi connectivity index (χ4v) is 1.92. The minimum absolute atomic E-state index is 0.143. The highest BCUT2D eigenvalue weighted by Crippen LogP contribution is 2.14. The molecule has 0 aliphatic rings. The predicted octanol–water partition coefficient (Wildman–Crippen LogP) is 2.63. The zero-order valence-electron chi connectivity index (χ0n) is 9.60. The summed E-state index contributed by atoms with van der Waals surface area (Å²) in [6, 6.07) is 8.21. The molecular weight excluding hydrogens is 325 g/mol. The number of aryl methyl sites for hydroxylation is 1. The Hall–Kier alpha value is -1.01. The SMILES string of the molecule is Cc1cnc(C(N)Cc2ccc(I)cc2)nc1. The van der Waals surface area contributed by atoms with Crippen LogP contribution in [0.15, 0.2) is 36.7 Å². The Kier molecular flexibility index (Phi) is 4.06. The Morgan fingerprint density at radius 2 is 1.76 bits per heavy atom. The summed E-state index contributed by atoms with van der Waals surface area (Å²) < 4.78 is 1.23. The first kappa shape index (κ1) is 12.4. The normalized spacial score (nSPS) is 12.4. The van der Waals surface area contributed by atoms with Crippen molar-refractivity contribution in [3.05, 3.63) is 57.2 Å². The maximum atomic E-state index is 6.09. The Bertz CT molecular complexity index is 479. The summed E-state index contributed by atoms with van der Waals surface area (Å²) in [5, 5.41) is 0. The molecule has 1 aromatic carbocycles. The topological polar surface area (TPSA) is 51.8 Å². The first-order valence-electron chi connectivity index (χ1n) is 5.44. The number of aromatic nitrogens is 2. The Morgan fingerprint density at radius 1 is 1.18 bits per heavy atom. The number of hydrogen-bond donors (Lipinski definition) is 1. The molecule has 4 heteroatoms. The van der Waals surface area contributed by atoms with Gasteiger partial charge in [-0.1, -0.05) is 12.1 Å². The smallest absolute Gasteiger partial charge is 0.145 e. The highest BCUT2D eigenvalue weighted by molar-refractivity contribution is 14.1. The van der Waals surface area contributed by atoms with E-state index in [0.717, 1.165) is 12.0 Å². The lowest BCUT2D eigenvalue weighted by Crippen LogP contribution is -2.16. The van der Waals surface area contributed by atoms with Gasteiger partial charge in [0.1, 0.15) is 5.82 Å². The zero-order valence-corrected chi connectivity index (χ0v) is 11.8. The summed E-state index contributed by atoms with van der Waals surface area (Å²) in [5.41, 5.74) is 8.35. The second kappa shape index (κ2) is 5.55. The lowest BCUT2D eigenvalue weighted by Gasteiger charge is -2.10. The monoisotopic (exact) mass is 339 g/mol. The molecule has 0 bridgehead atoms. The van der Waals surface area contributed by atoms with Gasteiger partial charge in [0.2, 0.25) is 0 Å². The van der Waals surface area contributed by atoms with Gasteiger partial charge in [0.05, 0.1) is 6.04 Å².